The summed E-state index contributed by atoms with van der Waals surface area (Å²) in [6.45, 7) is -0.150. The lowest BCUT2D eigenvalue weighted by molar-refractivity contribution is -0.118. The van der Waals surface area contributed by atoms with E-state index in [1.54, 1.807) is 42.5 Å². The van der Waals surface area contributed by atoms with Crippen LogP contribution in [0, 0.1) is 0 Å². The van der Waals surface area contributed by atoms with E-state index in [2.05, 4.69) is 5.32 Å². The third-order valence-corrected chi connectivity index (χ3v) is 2.87. The van der Waals surface area contributed by atoms with Crippen LogP contribution in [0.2, 0.25) is 5.02 Å². The van der Waals surface area contributed by atoms with Crippen molar-refractivity contribution in [2.24, 2.45) is 5.73 Å². The molecule has 0 heterocycles. The van der Waals surface area contributed by atoms with Gasteiger partial charge in [0.2, 0.25) is 5.91 Å². The van der Waals surface area contributed by atoms with Crippen LogP contribution in [0.3, 0.4) is 0 Å². The van der Waals surface area contributed by atoms with Gasteiger partial charge in [-0.1, -0.05) is 17.7 Å². The molecule has 2 rings (SSSR count). The van der Waals surface area contributed by atoms with E-state index < -0.39 is 5.91 Å². The highest BCUT2D eigenvalue weighted by Crippen LogP contribution is 2.15. The SMILES string of the molecule is NC(=O)c1cccc(NC(=O)COc2ccc(Cl)cc2)c1. The Labute approximate surface area is 126 Å². The molecule has 2 aromatic carbocycles. The first-order valence-electron chi connectivity index (χ1n) is 6.12. The monoisotopic (exact) mass is 304 g/mol. The summed E-state index contributed by atoms with van der Waals surface area (Å²) in [6, 6.07) is 13.1. The Balaban J connectivity index is 1.91. The molecule has 3 N–H and O–H groups in total. The van der Waals surface area contributed by atoms with E-state index in [0.29, 0.717) is 22.0 Å². The highest BCUT2D eigenvalue weighted by atomic mass is 35.5. The standard InChI is InChI=1S/C15H13ClN2O3/c16-11-4-6-13(7-5-11)21-9-14(19)18-12-3-1-2-10(8-12)15(17)20/h1-8H,9H2,(H2,17,20)(H,18,19). The molecular formula is C15H13ClN2O3. The Morgan fingerprint density at radius 3 is 2.52 bits per heavy atom. The zero-order valence-corrected chi connectivity index (χ0v) is 11.8. The van der Waals surface area contributed by atoms with Gasteiger partial charge in [0.1, 0.15) is 5.75 Å². The number of hydrogen-bond donors (Lipinski definition) is 2. The molecule has 2 amide bonds. The molecule has 0 atom stereocenters. The minimum atomic E-state index is -0.552. The van der Waals surface area contributed by atoms with Gasteiger partial charge in [0.15, 0.2) is 6.61 Å². The minimum absolute atomic E-state index is 0.150. The average molecular weight is 305 g/mol. The van der Waals surface area contributed by atoms with Crippen LogP contribution in [0.25, 0.3) is 0 Å². The van der Waals surface area contributed by atoms with Gasteiger partial charge >= 0.3 is 0 Å². The fourth-order valence-corrected chi connectivity index (χ4v) is 1.75. The van der Waals surface area contributed by atoms with Crippen molar-refractivity contribution in [3.8, 4) is 5.75 Å². The normalized spacial score (nSPS) is 9.95. The molecule has 0 fully saturated rings. The number of benzene rings is 2. The van der Waals surface area contributed by atoms with E-state index in [9.17, 15) is 9.59 Å². The van der Waals surface area contributed by atoms with Crippen LogP contribution in [0.5, 0.6) is 5.75 Å². The summed E-state index contributed by atoms with van der Waals surface area (Å²) < 4.78 is 5.31. The molecule has 108 valence electrons. The number of rotatable bonds is 5. The van der Waals surface area contributed by atoms with Gasteiger partial charge in [-0.3, -0.25) is 9.59 Å². The maximum Gasteiger partial charge on any atom is 0.262 e. The zero-order valence-electron chi connectivity index (χ0n) is 11.0. The Kier molecular flexibility index (Phi) is 4.79. The van der Waals surface area contributed by atoms with Crippen LogP contribution in [0.4, 0.5) is 5.69 Å². The summed E-state index contributed by atoms with van der Waals surface area (Å²) >= 11 is 5.75. The summed E-state index contributed by atoms with van der Waals surface area (Å²) in [7, 11) is 0. The second-order valence-electron chi connectivity index (χ2n) is 4.24. The largest absolute Gasteiger partial charge is 0.484 e. The summed E-state index contributed by atoms with van der Waals surface area (Å²) in [6.07, 6.45) is 0. The van der Waals surface area contributed by atoms with Gasteiger partial charge in [-0.2, -0.15) is 0 Å². The van der Waals surface area contributed by atoms with E-state index >= 15 is 0 Å². The Morgan fingerprint density at radius 2 is 1.86 bits per heavy atom. The van der Waals surface area contributed by atoms with Crippen molar-refractivity contribution in [3.05, 3.63) is 59.1 Å². The number of ether oxygens (including phenoxy) is 1. The first kappa shape index (κ1) is 14.9. The number of anilines is 1. The van der Waals surface area contributed by atoms with Crippen molar-refractivity contribution < 1.29 is 14.3 Å². The van der Waals surface area contributed by atoms with Crippen LogP contribution < -0.4 is 15.8 Å². The summed E-state index contributed by atoms with van der Waals surface area (Å²) in [5, 5.41) is 3.21. The lowest BCUT2D eigenvalue weighted by Gasteiger charge is -2.08. The molecule has 0 saturated carbocycles. The fraction of sp³-hybridized carbons (Fsp3) is 0.0667. The van der Waals surface area contributed by atoms with Crippen molar-refractivity contribution in [2.45, 2.75) is 0 Å². The van der Waals surface area contributed by atoms with Crippen molar-refractivity contribution >= 4 is 29.1 Å². The van der Waals surface area contributed by atoms with E-state index in [4.69, 9.17) is 22.1 Å². The number of primary amides is 1. The highest BCUT2D eigenvalue weighted by molar-refractivity contribution is 6.30. The lowest BCUT2D eigenvalue weighted by Crippen LogP contribution is -2.20. The number of carbonyl (C=O) groups is 2. The second-order valence-corrected chi connectivity index (χ2v) is 4.67. The van der Waals surface area contributed by atoms with Crippen LogP contribution in [0.1, 0.15) is 10.4 Å². The molecule has 5 nitrogen and oxygen atoms in total. The van der Waals surface area contributed by atoms with Crippen molar-refractivity contribution in [3.63, 3.8) is 0 Å². The van der Waals surface area contributed by atoms with Gasteiger partial charge in [-0.15, -0.1) is 0 Å². The summed E-state index contributed by atoms with van der Waals surface area (Å²) in [5.74, 6) is -0.351. The average Bonchev–Trinajstić information content (AvgIpc) is 2.47. The fourth-order valence-electron chi connectivity index (χ4n) is 1.63. The third-order valence-electron chi connectivity index (χ3n) is 2.61. The predicted octanol–water partition coefficient (Wildman–Crippen LogP) is 2.46. The van der Waals surface area contributed by atoms with Gasteiger partial charge in [0.05, 0.1) is 0 Å². The quantitative estimate of drug-likeness (QED) is 0.890. The molecule has 0 aliphatic heterocycles. The molecule has 0 spiro atoms. The third kappa shape index (κ3) is 4.50. The minimum Gasteiger partial charge on any atom is -0.484 e. The van der Waals surface area contributed by atoms with Crippen LogP contribution in [-0.4, -0.2) is 18.4 Å². The number of nitrogens with two attached hydrogens (primary N) is 1. The van der Waals surface area contributed by atoms with Crippen molar-refractivity contribution in [1.29, 1.82) is 0 Å². The lowest BCUT2D eigenvalue weighted by atomic mass is 10.2. The van der Waals surface area contributed by atoms with Gasteiger partial charge in [-0.25, -0.2) is 0 Å². The summed E-state index contributed by atoms with van der Waals surface area (Å²) in [4.78, 5) is 22.8. The molecular weight excluding hydrogens is 292 g/mol. The van der Waals surface area contributed by atoms with Gasteiger partial charge in [0, 0.05) is 16.3 Å². The molecule has 0 unspecified atom stereocenters. The van der Waals surface area contributed by atoms with Gasteiger partial charge in [0.25, 0.3) is 5.91 Å². The number of carbonyl (C=O) groups excluding carboxylic acids is 2. The van der Waals surface area contributed by atoms with E-state index in [1.807, 2.05) is 0 Å². The number of halogens is 1. The van der Waals surface area contributed by atoms with Crippen LogP contribution >= 0.6 is 11.6 Å². The first-order valence-corrected chi connectivity index (χ1v) is 6.50. The van der Waals surface area contributed by atoms with Gasteiger partial charge < -0.3 is 15.8 Å². The van der Waals surface area contributed by atoms with E-state index in [0.717, 1.165) is 0 Å². The summed E-state index contributed by atoms with van der Waals surface area (Å²) in [5.41, 5.74) is 5.98. The van der Waals surface area contributed by atoms with Crippen LogP contribution in [0.15, 0.2) is 48.5 Å². The number of hydrogen-bond acceptors (Lipinski definition) is 3. The topological polar surface area (TPSA) is 81.4 Å². The Morgan fingerprint density at radius 1 is 1.14 bits per heavy atom. The second kappa shape index (κ2) is 6.76. The number of nitrogens with one attached hydrogen (secondary N) is 1. The molecule has 0 saturated heterocycles. The first-order chi connectivity index (χ1) is 10.0. The van der Waals surface area contributed by atoms with E-state index in [-0.39, 0.29) is 12.5 Å². The van der Waals surface area contributed by atoms with E-state index in [1.165, 1.54) is 6.07 Å². The maximum atomic E-state index is 11.8. The maximum absolute atomic E-state index is 11.8. The Hall–Kier alpha value is -2.53. The zero-order chi connectivity index (χ0) is 15.2. The molecule has 0 aliphatic carbocycles. The molecule has 0 bridgehead atoms. The molecule has 6 heteroatoms. The molecule has 21 heavy (non-hydrogen) atoms. The molecule has 0 aromatic heterocycles. The highest BCUT2D eigenvalue weighted by Gasteiger charge is 2.06. The molecule has 0 aliphatic rings. The molecule has 2 aromatic rings. The molecule has 0 radical (unpaired) electrons. The van der Waals surface area contributed by atoms with Crippen molar-refractivity contribution in [2.75, 3.05) is 11.9 Å². The predicted molar refractivity (Wildman–Crippen MR) is 80.5 cm³/mol. The number of amides is 2. The van der Waals surface area contributed by atoms with Gasteiger partial charge in [-0.05, 0) is 42.5 Å². The van der Waals surface area contributed by atoms with Crippen LogP contribution in [-0.2, 0) is 4.79 Å². The Bertz CT molecular complexity index is 656. The van der Waals surface area contributed by atoms with Crippen molar-refractivity contribution in [1.82, 2.24) is 0 Å². The smallest absolute Gasteiger partial charge is 0.262 e.